The highest BCUT2D eigenvalue weighted by atomic mass is 19.1. The molecule has 0 spiro atoms. The Morgan fingerprint density at radius 1 is 1.04 bits per heavy atom. The zero-order chi connectivity index (χ0) is 17.6. The molecule has 0 aliphatic carbocycles. The van der Waals surface area contributed by atoms with Crippen LogP contribution in [-0.2, 0) is 16.1 Å². The minimum atomic E-state index is -0.497. The van der Waals surface area contributed by atoms with E-state index in [2.05, 4.69) is 10.6 Å². The van der Waals surface area contributed by atoms with Gasteiger partial charge in [-0.05, 0) is 43.5 Å². The molecular formula is C18H20FN3O3. The number of carbonyl (C=O) groups is 3. The van der Waals surface area contributed by atoms with E-state index in [0.29, 0.717) is 16.7 Å². The Labute approximate surface area is 144 Å². The van der Waals surface area contributed by atoms with Crippen LogP contribution in [0, 0.1) is 5.82 Å². The van der Waals surface area contributed by atoms with Gasteiger partial charge in [-0.3, -0.25) is 19.7 Å². The molecule has 132 valence electrons. The molecule has 3 aliphatic rings. The third kappa shape index (κ3) is 2.82. The van der Waals surface area contributed by atoms with E-state index < -0.39 is 6.04 Å². The molecule has 0 radical (unpaired) electrons. The molecule has 7 heteroatoms. The Morgan fingerprint density at radius 2 is 1.72 bits per heavy atom. The van der Waals surface area contributed by atoms with Crippen LogP contribution in [0.25, 0.3) is 0 Å². The van der Waals surface area contributed by atoms with Crippen molar-refractivity contribution in [3.8, 4) is 0 Å². The van der Waals surface area contributed by atoms with E-state index in [-0.39, 0.29) is 48.8 Å². The number of amides is 3. The molecule has 25 heavy (non-hydrogen) atoms. The summed E-state index contributed by atoms with van der Waals surface area (Å²) < 4.78 is 15.1. The average molecular weight is 345 g/mol. The van der Waals surface area contributed by atoms with Crippen LogP contribution >= 0.6 is 0 Å². The minimum absolute atomic E-state index is 0.0776. The molecule has 3 aliphatic heterocycles. The maximum Gasteiger partial charge on any atom is 0.254 e. The fraction of sp³-hybridized carbons (Fsp3) is 0.500. The lowest BCUT2D eigenvalue weighted by molar-refractivity contribution is -0.135. The van der Waals surface area contributed by atoms with Crippen LogP contribution < -0.4 is 10.6 Å². The number of hydrogen-bond acceptors (Lipinski definition) is 4. The molecule has 3 heterocycles. The molecule has 0 atom stereocenters. The summed E-state index contributed by atoms with van der Waals surface area (Å²) >= 11 is 0. The van der Waals surface area contributed by atoms with Crippen molar-refractivity contribution in [1.82, 2.24) is 15.5 Å². The molecule has 0 saturated carbocycles. The van der Waals surface area contributed by atoms with Gasteiger partial charge in [0.2, 0.25) is 11.8 Å². The lowest BCUT2D eigenvalue weighted by Crippen LogP contribution is -2.48. The number of imide groups is 1. The molecule has 0 aromatic heterocycles. The molecule has 0 bridgehead atoms. The van der Waals surface area contributed by atoms with Crippen LogP contribution in [0.5, 0.6) is 0 Å². The second kappa shape index (κ2) is 6.22. The molecule has 4 rings (SSSR count). The van der Waals surface area contributed by atoms with Crippen LogP contribution in [-0.4, -0.2) is 41.8 Å². The van der Waals surface area contributed by atoms with E-state index in [0.717, 1.165) is 25.9 Å². The molecule has 1 aromatic rings. The molecule has 3 amide bonds. The summed E-state index contributed by atoms with van der Waals surface area (Å²) in [5.74, 6) is -1.20. The third-order valence-corrected chi connectivity index (χ3v) is 5.43. The van der Waals surface area contributed by atoms with Gasteiger partial charge in [0.25, 0.3) is 5.91 Å². The molecule has 0 unspecified atom stereocenters. The predicted molar refractivity (Wildman–Crippen MR) is 87.3 cm³/mol. The van der Waals surface area contributed by atoms with Crippen molar-refractivity contribution in [3.05, 3.63) is 34.6 Å². The van der Waals surface area contributed by atoms with Gasteiger partial charge in [0.05, 0.1) is 0 Å². The highest BCUT2D eigenvalue weighted by molar-refractivity contribution is 6.02. The smallest absolute Gasteiger partial charge is 0.254 e. The minimum Gasteiger partial charge on any atom is -0.330 e. The van der Waals surface area contributed by atoms with Crippen LogP contribution in [0.4, 0.5) is 4.39 Å². The zero-order valence-electron chi connectivity index (χ0n) is 13.8. The van der Waals surface area contributed by atoms with E-state index in [4.69, 9.17) is 0 Å². The van der Waals surface area contributed by atoms with Gasteiger partial charge in [-0.15, -0.1) is 0 Å². The summed E-state index contributed by atoms with van der Waals surface area (Å²) in [5.41, 5.74) is 1.43. The quantitative estimate of drug-likeness (QED) is 0.786. The summed E-state index contributed by atoms with van der Waals surface area (Å²) in [7, 11) is 0. The van der Waals surface area contributed by atoms with Gasteiger partial charge in [0, 0.05) is 36.6 Å². The number of halogens is 1. The van der Waals surface area contributed by atoms with Crippen molar-refractivity contribution in [2.45, 2.75) is 44.2 Å². The number of hydrogen-bond donors (Lipinski definition) is 2. The van der Waals surface area contributed by atoms with Crippen molar-refractivity contribution in [1.29, 1.82) is 0 Å². The summed E-state index contributed by atoms with van der Waals surface area (Å²) in [6.45, 7) is 1.86. The molecule has 2 N–H and O–H groups in total. The Hall–Kier alpha value is -2.28. The molecule has 2 saturated heterocycles. The zero-order valence-corrected chi connectivity index (χ0v) is 13.8. The Balaban J connectivity index is 1.61. The molecule has 1 aromatic carbocycles. The van der Waals surface area contributed by atoms with Crippen LogP contribution in [0.3, 0.4) is 0 Å². The standard InChI is InChI=1S/C18H20FN3O3/c19-17-12(10-3-5-20-6-4-10)1-2-13-14(17)9-22(18(13)25)11-7-15(23)21-16(24)8-11/h1-2,10-11,20H,3-9H2,(H,21,23,24). The van der Waals surface area contributed by atoms with Crippen LogP contribution in [0.2, 0.25) is 0 Å². The predicted octanol–water partition coefficient (Wildman–Crippen LogP) is 1.05. The van der Waals surface area contributed by atoms with E-state index in [9.17, 15) is 14.4 Å². The number of rotatable bonds is 2. The maximum absolute atomic E-state index is 15.1. The first-order valence-electron chi connectivity index (χ1n) is 8.70. The van der Waals surface area contributed by atoms with Crippen molar-refractivity contribution in [2.24, 2.45) is 0 Å². The topological polar surface area (TPSA) is 78.5 Å². The SMILES string of the molecule is O=C1CC(N2Cc3c(ccc(C4CCNCC4)c3F)C2=O)CC(=O)N1. The van der Waals surface area contributed by atoms with E-state index in [1.54, 1.807) is 12.1 Å². The maximum atomic E-state index is 15.1. The Bertz CT molecular complexity index is 742. The molecule has 6 nitrogen and oxygen atoms in total. The Morgan fingerprint density at radius 3 is 2.40 bits per heavy atom. The van der Waals surface area contributed by atoms with Gasteiger partial charge in [-0.25, -0.2) is 4.39 Å². The normalized spacial score (nSPS) is 22.3. The number of carbonyl (C=O) groups excluding carboxylic acids is 3. The molecule has 2 fully saturated rings. The van der Waals surface area contributed by atoms with Crippen molar-refractivity contribution >= 4 is 17.7 Å². The summed E-state index contributed by atoms with van der Waals surface area (Å²) in [6, 6.07) is 2.93. The first-order chi connectivity index (χ1) is 12.0. The van der Waals surface area contributed by atoms with E-state index >= 15 is 4.39 Å². The lowest BCUT2D eigenvalue weighted by atomic mass is 9.88. The number of piperidine rings is 2. The third-order valence-electron chi connectivity index (χ3n) is 5.43. The van der Waals surface area contributed by atoms with Gasteiger partial charge in [0.1, 0.15) is 5.82 Å². The summed E-state index contributed by atoms with van der Waals surface area (Å²) in [5, 5.41) is 5.50. The lowest BCUT2D eigenvalue weighted by Gasteiger charge is -2.29. The highest BCUT2D eigenvalue weighted by Gasteiger charge is 2.39. The summed E-state index contributed by atoms with van der Waals surface area (Å²) in [4.78, 5) is 37.3. The van der Waals surface area contributed by atoms with Crippen LogP contribution in [0.1, 0.15) is 53.1 Å². The number of nitrogens with zero attached hydrogens (tertiary/aromatic N) is 1. The van der Waals surface area contributed by atoms with E-state index in [1.807, 2.05) is 0 Å². The fourth-order valence-corrected chi connectivity index (χ4v) is 4.11. The second-order valence-electron chi connectivity index (χ2n) is 6.99. The Kier molecular flexibility index (Phi) is 4.03. The number of fused-ring (bicyclic) bond motifs is 1. The fourth-order valence-electron chi connectivity index (χ4n) is 4.11. The number of nitrogens with one attached hydrogen (secondary N) is 2. The first kappa shape index (κ1) is 16.2. The van der Waals surface area contributed by atoms with Crippen molar-refractivity contribution < 1.29 is 18.8 Å². The largest absolute Gasteiger partial charge is 0.330 e. The van der Waals surface area contributed by atoms with Crippen LogP contribution in [0.15, 0.2) is 12.1 Å². The number of benzene rings is 1. The van der Waals surface area contributed by atoms with Gasteiger partial charge in [-0.1, -0.05) is 6.07 Å². The van der Waals surface area contributed by atoms with Gasteiger partial charge >= 0.3 is 0 Å². The van der Waals surface area contributed by atoms with Gasteiger partial charge < -0.3 is 10.2 Å². The average Bonchev–Trinajstić information content (AvgIpc) is 2.93. The van der Waals surface area contributed by atoms with Gasteiger partial charge in [-0.2, -0.15) is 0 Å². The summed E-state index contributed by atoms with van der Waals surface area (Å²) in [6.07, 6.45) is 1.91. The molecular weight excluding hydrogens is 325 g/mol. The highest BCUT2D eigenvalue weighted by Crippen LogP contribution is 2.35. The monoisotopic (exact) mass is 345 g/mol. The van der Waals surface area contributed by atoms with E-state index in [1.165, 1.54) is 4.90 Å². The second-order valence-corrected chi connectivity index (χ2v) is 6.99. The first-order valence-corrected chi connectivity index (χ1v) is 8.70. The van der Waals surface area contributed by atoms with Gasteiger partial charge in [0.15, 0.2) is 0 Å². The van der Waals surface area contributed by atoms with Crippen molar-refractivity contribution in [2.75, 3.05) is 13.1 Å². The van der Waals surface area contributed by atoms with Crippen molar-refractivity contribution in [3.63, 3.8) is 0 Å².